The van der Waals surface area contributed by atoms with Crippen molar-refractivity contribution in [1.29, 1.82) is 0 Å². The topological polar surface area (TPSA) is 73.8 Å². The molecule has 0 atom stereocenters. The molecule has 0 aliphatic carbocycles. The predicted octanol–water partition coefficient (Wildman–Crippen LogP) is 1.05. The number of nitrogen functional groups attached to an aromatic ring is 1. The lowest BCUT2D eigenvalue weighted by Crippen LogP contribution is -1.96. The molecule has 2 rings (SSSR count). The highest BCUT2D eigenvalue weighted by Gasteiger charge is 2.10. The van der Waals surface area contributed by atoms with Crippen LogP contribution in [0.1, 0.15) is 17.3 Å². The Kier molecular flexibility index (Phi) is 2.21. The molecule has 0 aliphatic heterocycles. The zero-order valence-corrected chi connectivity index (χ0v) is 8.21. The van der Waals surface area contributed by atoms with Crippen LogP contribution in [0.2, 0.25) is 0 Å². The number of carbonyl (C=O) groups excluding carboxylic acids is 1. The second-order valence-corrected chi connectivity index (χ2v) is 3.14. The Morgan fingerprint density at radius 2 is 2.33 bits per heavy atom. The molecule has 0 bridgehead atoms. The summed E-state index contributed by atoms with van der Waals surface area (Å²) in [5, 5.41) is 4.04. The first-order valence-corrected chi connectivity index (χ1v) is 4.45. The second-order valence-electron chi connectivity index (χ2n) is 3.14. The number of nitrogens with zero attached hydrogens (tertiary/aromatic N) is 3. The van der Waals surface area contributed by atoms with Gasteiger partial charge in [0.15, 0.2) is 11.6 Å². The number of nitrogens with two attached hydrogens (primary N) is 1. The summed E-state index contributed by atoms with van der Waals surface area (Å²) in [5.41, 5.74) is 6.81. The molecule has 0 fully saturated rings. The Bertz CT molecular complexity index is 489. The lowest BCUT2D eigenvalue weighted by Gasteiger charge is -1.97. The predicted molar refractivity (Wildman–Crippen MR) is 55.8 cm³/mol. The standard InChI is InChI=1S/C10H10N4O/c1-7(15)9-6-14(13-10(9)11)8-3-2-4-12-5-8/h2-6H,1H3,(H2,11,13). The van der Waals surface area contributed by atoms with Gasteiger partial charge in [-0.1, -0.05) is 0 Å². The summed E-state index contributed by atoms with van der Waals surface area (Å²) in [4.78, 5) is 15.1. The maximum absolute atomic E-state index is 11.2. The maximum Gasteiger partial charge on any atom is 0.165 e. The quantitative estimate of drug-likeness (QED) is 0.739. The van der Waals surface area contributed by atoms with E-state index < -0.39 is 0 Å². The molecule has 0 amide bonds. The summed E-state index contributed by atoms with van der Waals surface area (Å²) < 4.78 is 1.54. The third kappa shape index (κ3) is 1.71. The average molecular weight is 202 g/mol. The van der Waals surface area contributed by atoms with Crippen LogP contribution in [-0.2, 0) is 0 Å². The molecule has 2 N–H and O–H groups in total. The number of Topliss-reactive ketones (excluding diaryl/α,β-unsaturated/α-hetero) is 1. The van der Waals surface area contributed by atoms with E-state index >= 15 is 0 Å². The highest BCUT2D eigenvalue weighted by molar-refractivity contribution is 5.98. The summed E-state index contributed by atoms with van der Waals surface area (Å²) in [5.74, 6) is 0.147. The van der Waals surface area contributed by atoms with E-state index in [1.54, 1.807) is 29.3 Å². The number of aromatic nitrogens is 3. The van der Waals surface area contributed by atoms with Gasteiger partial charge < -0.3 is 5.73 Å². The van der Waals surface area contributed by atoms with Crippen LogP contribution < -0.4 is 5.73 Å². The third-order valence-electron chi connectivity index (χ3n) is 2.03. The smallest absolute Gasteiger partial charge is 0.165 e. The Labute approximate surface area is 86.5 Å². The molecule has 2 aromatic heterocycles. The summed E-state index contributed by atoms with van der Waals surface area (Å²) in [6.45, 7) is 1.46. The lowest BCUT2D eigenvalue weighted by molar-refractivity contribution is 0.101. The van der Waals surface area contributed by atoms with Crippen molar-refractivity contribution in [2.75, 3.05) is 5.73 Å². The van der Waals surface area contributed by atoms with Crippen LogP contribution in [0, 0.1) is 0 Å². The maximum atomic E-state index is 11.2. The van der Waals surface area contributed by atoms with E-state index in [9.17, 15) is 4.79 Å². The number of anilines is 1. The van der Waals surface area contributed by atoms with Gasteiger partial charge in [0.1, 0.15) is 0 Å². The van der Waals surface area contributed by atoms with Gasteiger partial charge in [0.25, 0.3) is 0 Å². The van der Waals surface area contributed by atoms with Gasteiger partial charge >= 0.3 is 0 Å². The molecule has 5 heteroatoms. The van der Waals surface area contributed by atoms with Crippen molar-refractivity contribution in [2.24, 2.45) is 0 Å². The molecule has 76 valence electrons. The van der Waals surface area contributed by atoms with Crippen LogP contribution in [0.4, 0.5) is 5.82 Å². The van der Waals surface area contributed by atoms with Crippen LogP contribution in [0.15, 0.2) is 30.7 Å². The van der Waals surface area contributed by atoms with Crippen molar-refractivity contribution in [2.45, 2.75) is 6.92 Å². The zero-order chi connectivity index (χ0) is 10.8. The first-order valence-electron chi connectivity index (χ1n) is 4.45. The molecule has 0 aliphatic rings. The fourth-order valence-corrected chi connectivity index (χ4v) is 1.28. The lowest BCUT2D eigenvalue weighted by atomic mass is 10.2. The molecule has 0 saturated carbocycles. The summed E-state index contributed by atoms with van der Waals surface area (Å²) in [6.07, 6.45) is 4.92. The fourth-order valence-electron chi connectivity index (χ4n) is 1.28. The van der Waals surface area contributed by atoms with Crippen LogP contribution in [0.5, 0.6) is 0 Å². The van der Waals surface area contributed by atoms with Crippen LogP contribution in [0.3, 0.4) is 0 Å². The van der Waals surface area contributed by atoms with Gasteiger partial charge in [-0.2, -0.15) is 0 Å². The van der Waals surface area contributed by atoms with E-state index in [0.717, 1.165) is 5.69 Å². The Morgan fingerprint density at radius 1 is 1.53 bits per heavy atom. The molecular weight excluding hydrogens is 192 g/mol. The van der Waals surface area contributed by atoms with Crippen molar-refractivity contribution >= 4 is 11.6 Å². The highest BCUT2D eigenvalue weighted by atomic mass is 16.1. The van der Waals surface area contributed by atoms with Crippen LogP contribution >= 0.6 is 0 Å². The first-order chi connectivity index (χ1) is 7.18. The molecule has 15 heavy (non-hydrogen) atoms. The molecule has 0 saturated heterocycles. The van der Waals surface area contributed by atoms with Crippen molar-refractivity contribution < 1.29 is 4.79 Å². The Morgan fingerprint density at radius 3 is 2.87 bits per heavy atom. The average Bonchev–Trinajstić information content (AvgIpc) is 2.62. The van der Waals surface area contributed by atoms with Crippen LogP contribution in [-0.4, -0.2) is 20.5 Å². The number of pyridine rings is 1. The molecule has 0 unspecified atom stereocenters. The van der Waals surface area contributed by atoms with E-state index in [2.05, 4.69) is 10.1 Å². The SMILES string of the molecule is CC(=O)c1cn(-c2cccnc2)nc1N. The van der Waals surface area contributed by atoms with Gasteiger partial charge in [-0.05, 0) is 19.1 Å². The van der Waals surface area contributed by atoms with Crippen molar-refractivity contribution in [3.05, 3.63) is 36.3 Å². The Balaban J connectivity index is 2.48. The summed E-state index contributed by atoms with van der Waals surface area (Å²) in [6, 6.07) is 3.63. The van der Waals surface area contributed by atoms with Gasteiger partial charge in [0.05, 0.1) is 17.4 Å². The van der Waals surface area contributed by atoms with E-state index in [1.807, 2.05) is 6.07 Å². The first kappa shape index (κ1) is 9.39. The Hall–Kier alpha value is -2.17. The van der Waals surface area contributed by atoms with E-state index in [4.69, 9.17) is 5.73 Å². The molecule has 2 heterocycles. The fraction of sp³-hybridized carbons (Fsp3) is 0.100. The molecular formula is C10H10N4O. The molecule has 0 spiro atoms. The number of hydrogen-bond donors (Lipinski definition) is 1. The second kappa shape index (κ2) is 3.53. The van der Waals surface area contributed by atoms with Crippen LogP contribution in [0.25, 0.3) is 5.69 Å². The van der Waals surface area contributed by atoms with Crippen molar-refractivity contribution in [3.8, 4) is 5.69 Å². The largest absolute Gasteiger partial charge is 0.382 e. The normalized spacial score (nSPS) is 10.2. The minimum absolute atomic E-state index is 0.0948. The number of carbonyl (C=O) groups is 1. The summed E-state index contributed by atoms with van der Waals surface area (Å²) >= 11 is 0. The molecule has 2 aromatic rings. The zero-order valence-electron chi connectivity index (χ0n) is 8.21. The number of rotatable bonds is 2. The number of hydrogen-bond acceptors (Lipinski definition) is 4. The monoisotopic (exact) mass is 202 g/mol. The number of ketones is 1. The van der Waals surface area contributed by atoms with Gasteiger partial charge in [-0.3, -0.25) is 9.78 Å². The van der Waals surface area contributed by atoms with E-state index in [0.29, 0.717) is 5.56 Å². The molecule has 0 aromatic carbocycles. The molecule has 5 nitrogen and oxygen atoms in total. The van der Waals surface area contributed by atoms with Gasteiger partial charge in [0, 0.05) is 12.4 Å². The van der Waals surface area contributed by atoms with Gasteiger partial charge in [-0.25, -0.2) is 4.68 Å². The minimum Gasteiger partial charge on any atom is -0.382 e. The molecule has 0 radical (unpaired) electrons. The minimum atomic E-state index is -0.0948. The van der Waals surface area contributed by atoms with E-state index in [-0.39, 0.29) is 11.6 Å². The highest BCUT2D eigenvalue weighted by Crippen LogP contribution is 2.13. The van der Waals surface area contributed by atoms with Crippen molar-refractivity contribution in [1.82, 2.24) is 14.8 Å². The van der Waals surface area contributed by atoms with Crippen molar-refractivity contribution in [3.63, 3.8) is 0 Å². The summed E-state index contributed by atoms with van der Waals surface area (Å²) in [7, 11) is 0. The van der Waals surface area contributed by atoms with E-state index in [1.165, 1.54) is 6.92 Å². The van der Waals surface area contributed by atoms with Gasteiger partial charge in [-0.15, -0.1) is 5.10 Å². The van der Waals surface area contributed by atoms with Gasteiger partial charge in [0.2, 0.25) is 0 Å². The third-order valence-corrected chi connectivity index (χ3v) is 2.03.